The third kappa shape index (κ3) is 4.80. The number of rotatable bonds is 7. The molecule has 0 bridgehead atoms. The normalized spacial score (nSPS) is 10.4. The summed E-state index contributed by atoms with van der Waals surface area (Å²) in [7, 11) is 0. The van der Waals surface area contributed by atoms with E-state index in [1.165, 1.54) is 6.07 Å². The first-order valence-corrected chi connectivity index (χ1v) is 7.77. The summed E-state index contributed by atoms with van der Waals surface area (Å²) in [6.45, 7) is 3.20. The average Bonchev–Trinajstić information content (AvgIpc) is 2.54. The van der Waals surface area contributed by atoms with Crippen molar-refractivity contribution in [3.63, 3.8) is 0 Å². The van der Waals surface area contributed by atoms with Gasteiger partial charge in [0, 0.05) is 12.2 Å². The lowest BCUT2D eigenvalue weighted by Gasteiger charge is -2.14. The van der Waals surface area contributed by atoms with E-state index in [1.807, 2.05) is 6.92 Å². The smallest absolute Gasteiger partial charge is 0.387 e. The van der Waals surface area contributed by atoms with Crippen LogP contribution in [-0.2, 0) is 6.54 Å². The van der Waals surface area contributed by atoms with E-state index >= 15 is 0 Å². The van der Waals surface area contributed by atoms with E-state index in [0.717, 1.165) is 11.3 Å². The topological polar surface area (TPSA) is 67.2 Å². The maximum atomic E-state index is 12.4. The number of ether oxygens (including phenoxy) is 2. The third-order valence-corrected chi connectivity index (χ3v) is 3.45. The third-order valence-electron chi connectivity index (χ3n) is 3.45. The molecule has 2 rings (SSSR count). The molecule has 0 aliphatic rings. The van der Waals surface area contributed by atoms with Gasteiger partial charge in [0.15, 0.2) is 11.5 Å². The zero-order valence-corrected chi connectivity index (χ0v) is 14.3. The quantitative estimate of drug-likeness (QED) is 0.814. The summed E-state index contributed by atoms with van der Waals surface area (Å²) in [4.78, 5) is 4.27. The van der Waals surface area contributed by atoms with Crippen molar-refractivity contribution in [1.29, 1.82) is 5.26 Å². The lowest BCUT2D eigenvalue weighted by molar-refractivity contribution is -0.0514. The van der Waals surface area contributed by atoms with E-state index in [1.54, 1.807) is 32.0 Å². The molecule has 25 heavy (non-hydrogen) atoms. The minimum atomic E-state index is -2.91. The second-order valence-electron chi connectivity index (χ2n) is 5.33. The molecule has 0 radical (unpaired) electrons. The van der Waals surface area contributed by atoms with Crippen molar-refractivity contribution in [3.05, 3.63) is 46.8 Å². The van der Waals surface area contributed by atoms with Gasteiger partial charge in [-0.05, 0) is 44.5 Å². The maximum Gasteiger partial charge on any atom is 0.387 e. The van der Waals surface area contributed by atoms with Gasteiger partial charge in [0.2, 0.25) is 0 Å². The zero-order valence-electron chi connectivity index (χ0n) is 14.3. The lowest BCUT2D eigenvalue weighted by atomic mass is 10.1. The highest BCUT2D eigenvalue weighted by atomic mass is 19.3. The van der Waals surface area contributed by atoms with E-state index in [-0.39, 0.29) is 11.5 Å². The van der Waals surface area contributed by atoms with Crippen LogP contribution in [0.25, 0.3) is 0 Å². The van der Waals surface area contributed by atoms with Crippen LogP contribution in [0.1, 0.15) is 29.4 Å². The first kappa shape index (κ1) is 18.5. The summed E-state index contributed by atoms with van der Waals surface area (Å²) < 4.78 is 34.7. The van der Waals surface area contributed by atoms with Gasteiger partial charge in [-0.3, -0.25) is 4.98 Å². The van der Waals surface area contributed by atoms with Crippen LogP contribution in [0.2, 0.25) is 0 Å². The van der Waals surface area contributed by atoms with Crippen LogP contribution in [0.5, 0.6) is 11.5 Å². The van der Waals surface area contributed by atoms with Crippen LogP contribution < -0.4 is 14.8 Å². The zero-order chi connectivity index (χ0) is 18.4. The van der Waals surface area contributed by atoms with Crippen LogP contribution in [0.4, 0.5) is 14.5 Å². The predicted molar refractivity (Wildman–Crippen MR) is 90.0 cm³/mol. The highest BCUT2D eigenvalue weighted by molar-refractivity contribution is 5.60. The molecule has 0 spiro atoms. The Morgan fingerprint density at radius 1 is 1.24 bits per heavy atom. The number of hydrogen-bond acceptors (Lipinski definition) is 5. The van der Waals surface area contributed by atoms with Crippen molar-refractivity contribution in [2.24, 2.45) is 0 Å². The number of hydrogen-bond donors (Lipinski definition) is 1. The number of alkyl halides is 2. The predicted octanol–water partition coefficient (Wildman–Crippen LogP) is 4.18. The van der Waals surface area contributed by atoms with Crippen molar-refractivity contribution in [2.45, 2.75) is 33.9 Å². The number of nitrogens with one attached hydrogen (secondary N) is 1. The van der Waals surface area contributed by atoms with E-state index in [2.05, 4.69) is 21.1 Å². The maximum absolute atomic E-state index is 12.4. The highest BCUT2D eigenvalue weighted by Gasteiger charge is 2.12. The Morgan fingerprint density at radius 2 is 2.00 bits per heavy atom. The number of aryl methyl sites for hydroxylation is 2. The van der Waals surface area contributed by atoms with Gasteiger partial charge in [-0.1, -0.05) is 6.07 Å². The molecule has 0 aliphatic heterocycles. The number of halogens is 2. The second kappa shape index (κ2) is 8.29. The lowest BCUT2D eigenvalue weighted by Crippen LogP contribution is -2.07. The van der Waals surface area contributed by atoms with Crippen LogP contribution in [0.15, 0.2) is 24.3 Å². The molecular weight excluding hydrogens is 328 g/mol. The SMILES string of the molecule is CCOc1cc(CNc2cc(C)nc(C)c2C#N)ccc1OC(F)F. The molecule has 5 nitrogen and oxygen atoms in total. The van der Waals surface area contributed by atoms with Gasteiger partial charge < -0.3 is 14.8 Å². The van der Waals surface area contributed by atoms with E-state index < -0.39 is 6.61 Å². The molecule has 132 valence electrons. The Kier molecular flexibility index (Phi) is 6.12. The van der Waals surface area contributed by atoms with Gasteiger partial charge >= 0.3 is 6.61 Å². The Labute approximate surface area is 145 Å². The van der Waals surface area contributed by atoms with Gasteiger partial charge in [0.25, 0.3) is 0 Å². The van der Waals surface area contributed by atoms with E-state index in [0.29, 0.717) is 30.1 Å². The second-order valence-corrected chi connectivity index (χ2v) is 5.33. The molecule has 0 amide bonds. The number of anilines is 1. The van der Waals surface area contributed by atoms with Crippen molar-refractivity contribution >= 4 is 5.69 Å². The average molecular weight is 347 g/mol. The molecule has 0 atom stereocenters. The summed E-state index contributed by atoms with van der Waals surface area (Å²) in [5.74, 6) is 0.249. The van der Waals surface area contributed by atoms with Gasteiger partial charge in [-0.2, -0.15) is 14.0 Å². The molecule has 0 saturated carbocycles. The molecule has 0 fully saturated rings. The number of pyridine rings is 1. The monoisotopic (exact) mass is 347 g/mol. The summed E-state index contributed by atoms with van der Waals surface area (Å²) >= 11 is 0. The fourth-order valence-electron chi connectivity index (χ4n) is 2.43. The van der Waals surface area contributed by atoms with Crippen LogP contribution in [-0.4, -0.2) is 18.2 Å². The van der Waals surface area contributed by atoms with Crippen molar-refractivity contribution in [3.8, 4) is 17.6 Å². The Bertz CT molecular complexity index is 789. The minimum absolute atomic E-state index is 0.00564. The molecule has 2 aromatic rings. The first-order chi connectivity index (χ1) is 11.9. The van der Waals surface area contributed by atoms with Gasteiger partial charge in [-0.25, -0.2) is 0 Å². The van der Waals surface area contributed by atoms with E-state index in [9.17, 15) is 14.0 Å². The van der Waals surface area contributed by atoms with E-state index in [4.69, 9.17) is 4.74 Å². The molecule has 1 aromatic carbocycles. The summed E-state index contributed by atoms with van der Waals surface area (Å²) in [5, 5.41) is 12.5. The molecular formula is C18H19F2N3O2. The van der Waals surface area contributed by atoms with Crippen LogP contribution in [0, 0.1) is 25.2 Å². The molecule has 0 saturated heterocycles. The molecule has 1 N–H and O–H groups in total. The van der Waals surface area contributed by atoms with Gasteiger partial charge in [0.05, 0.1) is 23.6 Å². The Balaban J connectivity index is 2.21. The Morgan fingerprint density at radius 3 is 2.64 bits per heavy atom. The fourth-order valence-corrected chi connectivity index (χ4v) is 2.43. The number of aromatic nitrogens is 1. The largest absolute Gasteiger partial charge is 0.490 e. The molecule has 7 heteroatoms. The number of nitriles is 1. The molecule has 0 unspecified atom stereocenters. The summed E-state index contributed by atoms with van der Waals surface area (Å²) in [6.07, 6.45) is 0. The molecule has 1 aromatic heterocycles. The summed E-state index contributed by atoms with van der Waals surface area (Å²) in [6, 6.07) is 8.69. The van der Waals surface area contributed by atoms with Crippen LogP contribution >= 0.6 is 0 Å². The minimum Gasteiger partial charge on any atom is -0.490 e. The fraction of sp³-hybridized carbons (Fsp3) is 0.333. The summed E-state index contributed by atoms with van der Waals surface area (Å²) in [5.41, 5.74) is 3.42. The van der Waals surface area contributed by atoms with Crippen LogP contribution in [0.3, 0.4) is 0 Å². The molecule has 0 aliphatic carbocycles. The first-order valence-electron chi connectivity index (χ1n) is 7.77. The van der Waals surface area contributed by atoms with Gasteiger partial charge in [-0.15, -0.1) is 0 Å². The molecule has 1 heterocycles. The van der Waals surface area contributed by atoms with Crippen molar-refractivity contribution in [2.75, 3.05) is 11.9 Å². The highest BCUT2D eigenvalue weighted by Crippen LogP contribution is 2.30. The van der Waals surface area contributed by atoms with Gasteiger partial charge in [0.1, 0.15) is 6.07 Å². The standard InChI is InChI=1S/C18H19F2N3O2/c1-4-24-17-8-13(5-6-16(17)25-18(19)20)10-22-15-7-11(2)23-12(3)14(15)9-21/h5-8,18H,4,10H2,1-3H3,(H,22,23). The number of nitrogens with zero attached hydrogens (tertiary/aromatic N) is 2. The number of benzene rings is 1. The Hall–Kier alpha value is -2.88. The van der Waals surface area contributed by atoms with Crippen molar-refractivity contribution < 1.29 is 18.3 Å². The van der Waals surface area contributed by atoms with Crippen molar-refractivity contribution in [1.82, 2.24) is 4.98 Å².